The molecule has 0 radical (unpaired) electrons. The Kier molecular flexibility index (Phi) is 4.29. The van der Waals surface area contributed by atoms with Crippen molar-refractivity contribution in [1.82, 2.24) is 10.6 Å². The molecule has 0 bridgehead atoms. The molecule has 1 heterocycles. The Balaban J connectivity index is 1.41. The van der Waals surface area contributed by atoms with E-state index in [-0.39, 0.29) is 36.0 Å². The van der Waals surface area contributed by atoms with Gasteiger partial charge in [0.05, 0.1) is 0 Å². The van der Waals surface area contributed by atoms with Gasteiger partial charge >= 0.3 is 6.03 Å². The van der Waals surface area contributed by atoms with E-state index in [1.165, 1.54) is 12.1 Å². The Morgan fingerprint density at radius 1 is 1.32 bits per heavy atom. The lowest BCUT2D eigenvalue weighted by atomic mass is 9.96. The lowest BCUT2D eigenvalue weighted by molar-refractivity contribution is 0.0547. The van der Waals surface area contributed by atoms with Crippen LogP contribution in [-0.4, -0.2) is 31.8 Å². The summed E-state index contributed by atoms with van der Waals surface area (Å²) in [6, 6.07) is 4.04. The van der Waals surface area contributed by atoms with Gasteiger partial charge in [0.15, 0.2) is 11.6 Å². The highest BCUT2D eigenvalue weighted by Crippen LogP contribution is 2.53. The quantitative estimate of drug-likeness (QED) is 0.897. The second-order valence-corrected chi connectivity index (χ2v) is 6.09. The molecule has 1 aliphatic carbocycles. The summed E-state index contributed by atoms with van der Waals surface area (Å²) in [6.45, 7) is 1.80. The van der Waals surface area contributed by atoms with E-state index in [1.807, 2.05) is 0 Å². The van der Waals surface area contributed by atoms with Crippen LogP contribution in [0, 0.1) is 17.0 Å². The Labute approximate surface area is 128 Å². The van der Waals surface area contributed by atoms with Crippen LogP contribution >= 0.6 is 0 Å². The normalized spacial score (nSPS) is 22.4. The highest BCUT2D eigenvalue weighted by Gasteiger charge is 2.54. The van der Waals surface area contributed by atoms with Crippen LogP contribution in [0.25, 0.3) is 0 Å². The first-order valence-electron chi connectivity index (χ1n) is 7.66. The molecule has 2 N–H and O–H groups in total. The van der Waals surface area contributed by atoms with Gasteiger partial charge in [0.25, 0.3) is 0 Å². The maximum Gasteiger partial charge on any atom is 0.315 e. The van der Waals surface area contributed by atoms with Crippen molar-refractivity contribution in [2.24, 2.45) is 5.41 Å². The minimum atomic E-state index is -0.860. The number of benzene rings is 1. The molecule has 0 aromatic heterocycles. The third-order valence-corrected chi connectivity index (χ3v) is 4.70. The van der Waals surface area contributed by atoms with E-state index in [9.17, 15) is 13.6 Å². The maximum atomic E-state index is 13.5. The van der Waals surface area contributed by atoms with Gasteiger partial charge in [-0.1, -0.05) is 12.1 Å². The number of urea groups is 1. The van der Waals surface area contributed by atoms with Crippen LogP contribution in [0.5, 0.6) is 0 Å². The van der Waals surface area contributed by atoms with E-state index >= 15 is 0 Å². The lowest BCUT2D eigenvalue weighted by Crippen LogP contribution is -2.40. The molecule has 2 fully saturated rings. The Morgan fingerprint density at radius 2 is 2.09 bits per heavy atom. The molecule has 1 aliphatic heterocycles. The van der Waals surface area contributed by atoms with E-state index < -0.39 is 11.6 Å². The van der Waals surface area contributed by atoms with Gasteiger partial charge in [0, 0.05) is 25.8 Å². The van der Waals surface area contributed by atoms with E-state index in [2.05, 4.69) is 10.6 Å². The van der Waals surface area contributed by atoms with Gasteiger partial charge in [0.1, 0.15) is 0 Å². The fraction of sp³-hybridized carbons (Fsp3) is 0.562. The van der Waals surface area contributed by atoms with Gasteiger partial charge in [-0.2, -0.15) is 0 Å². The number of rotatable bonds is 4. The average Bonchev–Trinajstić information content (AvgIpc) is 3.15. The Morgan fingerprint density at radius 3 is 2.86 bits per heavy atom. The molecule has 1 saturated heterocycles. The Bertz CT molecular complexity index is 559. The van der Waals surface area contributed by atoms with Crippen molar-refractivity contribution in [3.63, 3.8) is 0 Å². The molecule has 2 aliphatic rings. The van der Waals surface area contributed by atoms with Crippen molar-refractivity contribution < 1.29 is 18.3 Å². The van der Waals surface area contributed by atoms with Crippen LogP contribution in [0.2, 0.25) is 0 Å². The zero-order valence-corrected chi connectivity index (χ0v) is 12.3. The summed E-state index contributed by atoms with van der Waals surface area (Å²) in [7, 11) is 0. The van der Waals surface area contributed by atoms with Gasteiger partial charge in [0.2, 0.25) is 0 Å². The molecule has 0 unspecified atom stereocenters. The van der Waals surface area contributed by atoms with Gasteiger partial charge in [-0.15, -0.1) is 0 Å². The van der Waals surface area contributed by atoms with Gasteiger partial charge in [-0.05, 0) is 42.7 Å². The molecule has 1 aromatic rings. The van der Waals surface area contributed by atoms with E-state index in [0.717, 1.165) is 38.5 Å². The van der Waals surface area contributed by atoms with Crippen LogP contribution < -0.4 is 10.6 Å². The number of hydrogen-bond acceptors (Lipinski definition) is 2. The van der Waals surface area contributed by atoms with Crippen molar-refractivity contribution >= 4 is 6.03 Å². The fourth-order valence-electron chi connectivity index (χ4n) is 3.14. The second kappa shape index (κ2) is 6.20. The van der Waals surface area contributed by atoms with Gasteiger partial charge in [-0.25, -0.2) is 13.6 Å². The van der Waals surface area contributed by atoms with Crippen LogP contribution in [0.1, 0.15) is 24.8 Å². The maximum absolute atomic E-state index is 13.5. The average molecular weight is 310 g/mol. The molecule has 1 atom stereocenters. The standard InChI is InChI=1S/C16H20F2N2O2/c17-12-3-1-2-11(14(12)18)4-7-19-15(21)20-13-10-16(13)5-8-22-9-6-16/h1-3,13H,4-10H2,(H2,19,20,21)/t13-/m0/s1. The molecule has 3 rings (SSSR count). The van der Waals surface area contributed by atoms with E-state index in [1.54, 1.807) is 0 Å². The summed E-state index contributed by atoms with van der Waals surface area (Å²) >= 11 is 0. The molecule has 2 amide bonds. The van der Waals surface area contributed by atoms with Gasteiger partial charge < -0.3 is 15.4 Å². The van der Waals surface area contributed by atoms with Crippen molar-refractivity contribution in [3.8, 4) is 0 Å². The minimum Gasteiger partial charge on any atom is -0.381 e. The molecule has 1 spiro atoms. The predicted molar refractivity (Wildman–Crippen MR) is 77.5 cm³/mol. The first-order valence-corrected chi connectivity index (χ1v) is 7.66. The van der Waals surface area contributed by atoms with Gasteiger partial charge in [-0.3, -0.25) is 0 Å². The van der Waals surface area contributed by atoms with E-state index in [4.69, 9.17) is 4.74 Å². The molecule has 1 saturated carbocycles. The second-order valence-electron chi connectivity index (χ2n) is 6.09. The van der Waals surface area contributed by atoms with Crippen LogP contribution in [0.3, 0.4) is 0 Å². The third kappa shape index (κ3) is 3.21. The van der Waals surface area contributed by atoms with Crippen molar-refractivity contribution in [1.29, 1.82) is 0 Å². The molecular weight excluding hydrogens is 290 g/mol. The van der Waals surface area contributed by atoms with Crippen LogP contribution in [0.15, 0.2) is 18.2 Å². The van der Waals surface area contributed by atoms with Crippen molar-refractivity contribution in [2.45, 2.75) is 31.7 Å². The minimum absolute atomic E-state index is 0.210. The third-order valence-electron chi connectivity index (χ3n) is 4.70. The molecular formula is C16H20F2N2O2. The monoisotopic (exact) mass is 310 g/mol. The summed E-state index contributed by atoms with van der Waals surface area (Å²) in [5.41, 5.74) is 0.497. The molecule has 1 aromatic carbocycles. The lowest BCUT2D eigenvalue weighted by Gasteiger charge is -2.22. The van der Waals surface area contributed by atoms with Crippen molar-refractivity contribution in [3.05, 3.63) is 35.4 Å². The van der Waals surface area contributed by atoms with Crippen LogP contribution in [-0.2, 0) is 11.2 Å². The highest BCUT2D eigenvalue weighted by atomic mass is 19.2. The summed E-state index contributed by atoms with van der Waals surface area (Å²) in [6.07, 6.45) is 3.25. The van der Waals surface area contributed by atoms with E-state index in [0.29, 0.717) is 0 Å². The summed E-state index contributed by atoms with van der Waals surface area (Å²) in [5.74, 6) is -1.70. The molecule has 6 heteroatoms. The summed E-state index contributed by atoms with van der Waals surface area (Å²) in [4.78, 5) is 11.8. The number of halogens is 2. The topological polar surface area (TPSA) is 50.4 Å². The highest BCUT2D eigenvalue weighted by molar-refractivity contribution is 5.74. The number of carbonyl (C=O) groups excluding carboxylic acids is 1. The summed E-state index contributed by atoms with van der Waals surface area (Å²) < 4.78 is 31.9. The molecule has 22 heavy (non-hydrogen) atoms. The van der Waals surface area contributed by atoms with Crippen molar-refractivity contribution in [2.75, 3.05) is 19.8 Å². The Hall–Kier alpha value is -1.69. The summed E-state index contributed by atoms with van der Waals surface area (Å²) in [5, 5.41) is 5.65. The number of hydrogen-bond donors (Lipinski definition) is 2. The zero-order valence-electron chi connectivity index (χ0n) is 12.3. The fourth-order valence-corrected chi connectivity index (χ4v) is 3.14. The molecule has 4 nitrogen and oxygen atoms in total. The number of ether oxygens (including phenoxy) is 1. The SMILES string of the molecule is O=C(NCCc1cccc(F)c1F)N[C@H]1CC12CCOCC2. The number of nitrogens with one attached hydrogen (secondary N) is 2. The first kappa shape index (κ1) is 15.2. The number of carbonyl (C=O) groups is 1. The zero-order chi connectivity index (χ0) is 15.6. The first-order chi connectivity index (χ1) is 10.6. The van der Waals surface area contributed by atoms with Crippen LogP contribution in [0.4, 0.5) is 13.6 Å². The smallest absolute Gasteiger partial charge is 0.315 e. The largest absolute Gasteiger partial charge is 0.381 e. The molecule has 120 valence electrons. The number of amides is 2. The predicted octanol–water partition coefficient (Wildman–Crippen LogP) is 2.38.